The quantitative estimate of drug-likeness (QED) is 0.520. The van der Waals surface area contributed by atoms with Crippen molar-refractivity contribution in [1.82, 2.24) is 0 Å². The van der Waals surface area contributed by atoms with Crippen molar-refractivity contribution in [2.45, 2.75) is 66.4 Å². The standard InChI is InChI=1S/C12H24O4/c1-7-8-9-12(5,6)15-16-14-10(13)11(2,3)4/h7-9H2,1-6H3. The van der Waals surface area contributed by atoms with Crippen LogP contribution in [0.5, 0.6) is 0 Å². The van der Waals surface area contributed by atoms with Crippen molar-refractivity contribution in [3.8, 4) is 0 Å². The van der Waals surface area contributed by atoms with Gasteiger partial charge in [-0.2, -0.15) is 4.89 Å². The second-order valence-electron chi connectivity index (χ2n) is 5.64. The van der Waals surface area contributed by atoms with Crippen molar-refractivity contribution in [3.63, 3.8) is 0 Å². The molecule has 0 atom stereocenters. The highest BCUT2D eigenvalue weighted by Crippen LogP contribution is 2.20. The number of rotatable bonds is 6. The molecule has 0 fully saturated rings. The average molecular weight is 232 g/mol. The molecular weight excluding hydrogens is 208 g/mol. The van der Waals surface area contributed by atoms with Gasteiger partial charge >= 0.3 is 5.97 Å². The van der Waals surface area contributed by atoms with Crippen LogP contribution < -0.4 is 0 Å². The number of hydrogen-bond donors (Lipinski definition) is 0. The fraction of sp³-hybridized carbons (Fsp3) is 0.917. The summed E-state index contributed by atoms with van der Waals surface area (Å²) in [6.07, 6.45) is 2.99. The van der Waals surface area contributed by atoms with Crippen LogP contribution in [0.2, 0.25) is 0 Å². The van der Waals surface area contributed by atoms with Gasteiger partial charge in [-0.1, -0.05) is 19.8 Å². The van der Waals surface area contributed by atoms with E-state index in [4.69, 9.17) is 4.89 Å². The Morgan fingerprint density at radius 1 is 1.12 bits per heavy atom. The third-order valence-corrected chi connectivity index (χ3v) is 2.11. The van der Waals surface area contributed by atoms with E-state index in [2.05, 4.69) is 16.8 Å². The highest BCUT2D eigenvalue weighted by molar-refractivity contribution is 5.74. The molecule has 0 bridgehead atoms. The second kappa shape index (κ2) is 6.21. The summed E-state index contributed by atoms with van der Waals surface area (Å²) in [6.45, 7) is 11.2. The van der Waals surface area contributed by atoms with Gasteiger partial charge in [0.05, 0.1) is 5.41 Å². The van der Waals surface area contributed by atoms with Gasteiger partial charge in [0.25, 0.3) is 0 Å². The summed E-state index contributed by atoms with van der Waals surface area (Å²) in [7, 11) is 0. The molecule has 96 valence electrons. The maximum absolute atomic E-state index is 11.3. The zero-order valence-corrected chi connectivity index (χ0v) is 11.3. The van der Waals surface area contributed by atoms with Gasteiger partial charge in [0, 0.05) is 0 Å². The lowest BCUT2D eigenvalue weighted by Crippen LogP contribution is -2.28. The summed E-state index contributed by atoms with van der Waals surface area (Å²) in [5.74, 6) is -0.446. The van der Waals surface area contributed by atoms with Gasteiger partial charge in [0.15, 0.2) is 0 Å². The molecule has 0 radical (unpaired) electrons. The van der Waals surface area contributed by atoms with Crippen LogP contribution in [-0.4, -0.2) is 11.6 Å². The minimum atomic E-state index is -0.586. The lowest BCUT2D eigenvalue weighted by molar-refractivity contribution is -0.519. The molecule has 0 saturated heterocycles. The van der Waals surface area contributed by atoms with E-state index >= 15 is 0 Å². The molecule has 0 aliphatic carbocycles. The first-order valence-corrected chi connectivity index (χ1v) is 5.76. The van der Waals surface area contributed by atoms with Gasteiger partial charge < -0.3 is 0 Å². The van der Waals surface area contributed by atoms with Crippen LogP contribution in [0.4, 0.5) is 0 Å². The first kappa shape index (κ1) is 15.4. The van der Waals surface area contributed by atoms with E-state index < -0.39 is 17.0 Å². The van der Waals surface area contributed by atoms with Gasteiger partial charge in [-0.15, -0.1) is 0 Å². The largest absolute Gasteiger partial charge is 0.350 e. The van der Waals surface area contributed by atoms with E-state index in [1.165, 1.54) is 0 Å². The van der Waals surface area contributed by atoms with Crippen molar-refractivity contribution in [2.24, 2.45) is 5.41 Å². The Labute approximate surface area is 98.1 Å². The highest BCUT2D eigenvalue weighted by atomic mass is 17.5. The van der Waals surface area contributed by atoms with E-state index in [0.717, 1.165) is 19.3 Å². The van der Waals surface area contributed by atoms with Crippen molar-refractivity contribution >= 4 is 5.97 Å². The summed E-state index contributed by atoms with van der Waals surface area (Å²) in [5, 5.41) is 4.53. The Morgan fingerprint density at radius 3 is 2.12 bits per heavy atom. The van der Waals surface area contributed by atoms with Crippen molar-refractivity contribution in [1.29, 1.82) is 0 Å². The summed E-state index contributed by atoms with van der Waals surface area (Å²) in [4.78, 5) is 21.0. The van der Waals surface area contributed by atoms with Gasteiger partial charge in [-0.3, -0.25) is 4.89 Å². The number of carbonyl (C=O) groups excluding carboxylic acids is 1. The first-order valence-electron chi connectivity index (χ1n) is 5.76. The second-order valence-corrected chi connectivity index (χ2v) is 5.64. The monoisotopic (exact) mass is 232 g/mol. The summed E-state index contributed by atoms with van der Waals surface area (Å²) in [5.41, 5.74) is -1.02. The van der Waals surface area contributed by atoms with E-state index in [0.29, 0.717) is 0 Å². The van der Waals surface area contributed by atoms with Crippen LogP contribution in [-0.2, 0) is 19.6 Å². The molecular formula is C12H24O4. The molecule has 0 aromatic rings. The van der Waals surface area contributed by atoms with Crippen LogP contribution in [0.15, 0.2) is 0 Å². The molecule has 0 aliphatic rings. The maximum Gasteiger partial charge on any atom is 0.350 e. The average Bonchev–Trinajstić information content (AvgIpc) is 2.13. The third-order valence-electron chi connectivity index (χ3n) is 2.11. The number of unbranched alkanes of at least 4 members (excludes halogenated alkanes) is 1. The Hall–Kier alpha value is -0.610. The number of hydrogen-bond acceptors (Lipinski definition) is 4. The molecule has 0 saturated carbocycles. The summed E-state index contributed by atoms with van der Waals surface area (Å²) >= 11 is 0. The number of carbonyl (C=O) groups is 1. The molecule has 16 heavy (non-hydrogen) atoms. The minimum Gasteiger partial charge on any atom is -0.268 e. The van der Waals surface area contributed by atoms with Crippen LogP contribution >= 0.6 is 0 Å². The van der Waals surface area contributed by atoms with Crippen molar-refractivity contribution < 1.29 is 19.6 Å². The summed E-state index contributed by atoms with van der Waals surface area (Å²) in [6, 6.07) is 0. The molecule has 0 unspecified atom stereocenters. The van der Waals surface area contributed by atoms with Gasteiger partial charge in [0.2, 0.25) is 0 Å². The van der Waals surface area contributed by atoms with Crippen LogP contribution in [0.3, 0.4) is 0 Å². The Morgan fingerprint density at radius 2 is 1.69 bits per heavy atom. The van der Waals surface area contributed by atoms with Gasteiger partial charge in [-0.25, -0.2) is 4.79 Å². The highest BCUT2D eigenvalue weighted by Gasteiger charge is 2.26. The maximum atomic E-state index is 11.3. The van der Waals surface area contributed by atoms with E-state index in [1.807, 2.05) is 13.8 Å². The topological polar surface area (TPSA) is 44.8 Å². The molecule has 4 heteroatoms. The lowest BCUT2D eigenvalue weighted by atomic mass is 9.98. The smallest absolute Gasteiger partial charge is 0.268 e. The van der Waals surface area contributed by atoms with E-state index in [-0.39, 0.29) is 0 Å². The Balaban J connectivity index is 3.85. The van der Waals surface area contributed by atoms with Gasteiger partial charge in [-0.05, 0) is 46.1 Å². The SMILES string of the molecule is CCCCC(C)(C)OOOC(=O)C(C)(C)C. The lowest BCUT2D eigenvalue weighted by Gasteiger charge is -2.22. The predicted molar refractivity (Wildman–Crippen MR) is 61.3 cm³/mol. The molecule has 0 aliphatic heterocycles. The molecule has 0 spiro atoms. The van der Waals surface area contributed by atoms with Crippen LogP contribution in [0, 0.1) is 5.41 Å². The van der Waals surface area contributed by atoms with Crippen molar-refractivity contribution in [2.75, 3.05) is 0 Å². The third kappa shape index (κ3) is 6.80. The van der Waals surface area contributed by atoms with E-state index in [9.17, 15) is 4.79 Å². The van der Waals surface area contributed by atoms with Crippen LogP contribution in [0.25, 0.3) is 0 Å². The Kier molecular flexibility index (Phi) is 5.97. The fourth-order valence-electron chi connectivity index (χ4n) is 0.909. The minimum absolute atomic E-state index is 0.436. The molecule has 0 amide bonds. The van der Waals surface area contributed by atoms with Gasteiger partial charge in [0.1, 0.15) is 5.60 Å². The van der Waals surface area contributed by atoms with E-state index in [1.54, 1.807) is 20.8 Å². The predicted octanol–water partition coefficient (Wildman–Crippen LogP) is 3.41. The first-order chi connectivity index (χ1) is 7.19. The molecule has 0 heterocycles. The van der Waals surface area contributed by atoms with Crippen molar-refractivity contribution in [3.05, 3.63) is 0 Å². The Bertz CT molecular complexity index is 216. The fourth-order valence-corrected chi connectivity index (χ4v) is 0.909. The molecule has 4 nitrogen and oxygen atoms in total. The molecule has 0 aromatic heterocycles. The normalized spacial score (nSPS) is 12.6. The molecule has 0 aromatic carbocycles. The summed E-state index contributed by atoms with van der Waals surface area (Å²) < 4.78 is 0. The van der Waals surface area contributed by atoms with Crippen LogP contribution in [0.1, 0.15) is 60.8 Å². The zero-order valence-electron chi connectivity index (χ0n) is 11.3. The molecule has 0 N–H and O–H groups in total. The molecule has 0 rings (SSSR count). The zero-order chi connectivity index (χ0) is 12.8.